The van der Waals surface area contributed by atoms with Crippen molar-refractivity contribution in [1.82, 2.24) is 0 Å². The fourth-order valence-corrected chi connectivity index (χ4v) is 2.91. The summed E-state index contributed by atoms with van der Waals surface area (Å²) < 4.78 is 16.3. The first-order valence-corrected chi connectivity index (χ1v) is 8.50. The lowest BCUT2D eigenvalue weighted by Crippen LogP contribution is -2.10. The number of methoxy groups -OCH3 is 1. The van der Waals surface area contributed by atoms with Gasteiger partial charge in [-0.05, 0) is 55.2 Å². The molecule has 1 fully saturated rings. The predicted molar refractivity (Wildman–Crippen MR) is 95.5 cm³/mol. The van der Waals surface area contributed by atoms with Gasteiger partial charge >= 0.3 is 5.97 Å². The van der Waals surface area contributed by atoms with E-state index in [4.69, 9.17) is 14.2 Å². The number of benzene rings is 2. The highest BCUT2D eigenvalue weighted by Gasteiger charge is 2.33. The molecule has 1 aliphatic carbocycles. The van der Waals surface area contributed by atoms with Gasteiger partial charge in [0.1, 0.15) is 17.2 Å². The summed E-state index contributed by atoms with van der Waals surface area (Å²) >= 11 is 0. The Bertz CT molecular complexity index is 920. The fourth-order valence-electron chi connectivity index (χ4n) is 2.91. The lowest BCUT2D eigenvalue weighted by Gasteiger charge is -2.07. The highest BCUT2D eigenvalue weighted by molar-refractivity contribution is 6.15. The molecule has 2 aromatic rings. The van der Waals surface area contributed by atoms with Crippen LogP contribution in [-0.4, -0.2) is 18.9 Å². The van der Waals surface area contributed by atoms with Crippen LogP contribution in [0.5, 0.6) is 17.2 Å². The first-order chi connectivity index (χ1) is 12.5. The van der Waals surface area contributed by atoms with E-state index in [1.54, 1.807) is 25.3 Å². The number of ether oxygens (including phenoxy) is 3. The lowest BCUT2D eigenvalue weighted by molar-refractivity contribution is -0.135. The Balaban J connectivity index is 1.60. The number of hydrogen-bond donors (Lipinski definition) is 0. The maximum Gasteiger partial charge on any atom is 0.314 e. The van der Waals surface area contributed by atoms with E-state index in [2.05, 4.69) is 0 Å². The predicted octanol–water partition coefficient (Wildman–Crippen LogP) is 3.94. The average Bonchev–Trinajstić information content (AvgIpc) is 3.42. The number of aryl methyl sites for hydroxylation is 1. The van der Waals surface area contributed by atoms with Crippen molar-refractivity contribution < 1.29 is 23.8 Å². The van der Waals surface area contributed by atoms with E-state index in [0.29, 0.717) is 17.1 Å². The lowest BCUT2D eigenvalue weighted by atomic mass is 10.0. The van der Waals surface area contributed by atoms with Crippen molar-refractivity contribution in [3.8, 4) is 17.2 Å². The molecule has 132 valence electrons. The molecule has 0 atom stereocenters. The standard InChI is InChI=1S/C21H18O5/c1-12-9-16(25-21(23)14-5-6-14)11-17-19(12)20(22)18(26-17)10-13-3-7-15(24-2)8-4-13/h3-4,7-11,14H,5-6H2,1-2H3/b18-10-. The number of carbonyl (C=O) groups is 2. The third-order valence-electron chi connectivity index (χ3n) is 4.49. The van der Waals surface area contributed by atoms with E-state index < -0.39 is 0 Å². The van der Waals surface area contributed by atoms with Crippen LogP contribution in [0.1, 0.15) is 34.3 Å². The number of ketones is 1. The van der Waals surface area contributed by atoms with Gasteiger partial charge in [0.05, 0.1) is 18.6 Å². The topological polar surface area (TPSA) is 61.8 Å². The quantitative estimate of drug-likeness (QED) is 0.475. The summed E-state index contributed by atoms with van der Waals surface area (Å²) in [6.45, 7) is 1.81. The number of carbonyl (C=O) groups excluding carboxylic acids is 2. The molecular formula is C21H18O5. The molecule has 1 heterocycles. The number of esters is 1. The van der Waals surface area contributed by atoms with Crippen LogP contribution < -0.4 is 14.2 Å². The Labute approximate surface area is 151 Å². The van der Waals surface area contributed by atoms with Crippen molar-refractivity contribution in [2.24, 2.45) is 5.92 Å². The number of fused-ring (bicyclic) bond motifs is 1. The molecule has 1 saturated carbocycles. The van der Waals surface area contributed by atoms with E-state index in [0.717, 1.165) is 29.7 Å². The molecule has 4 rings (SSSR count). The van der Waals surface area contributed by atoms with Crippen LogP contribution in [0, 0.1) is 12.8 Å². The molecular weight excluding hydrogens is 332 g/mol. The minimum Gasteiger partial charge on any atom is -0.497 e. The number of allylic oxidation sites excluding steroid dienone is 1. The van der Waals surface area contributed by atoms with Crippen molar-refractivity contribution in [1.29, 1.82) is 0 Å². The number of hydrogen-bond acceptors (Lipinski definition) is 5. The van der Waals surface area contributed by atoms with Crippen LogP contribution in [0.4, 0.5) is 0 Å². The van der Waals surface area contributed by atoms with Gasteiger partial charge in [-0.1, -0.05) is 12.1 Å². The van der Waals surface area contributed by atoms with E-state index >= 15 is 0 Å². The van der Waals surface area contributed by atoms with Gasteiger partial charge < -0.3 is 14.2 Å². The third kappa shape index (κ3) is 3.08. The zero-order chi connectivity index (χ0) is 18.3. The monoisotopic (exact) mass is 350 g/mol. The zero-order valence-electron chi connectivity index (χ0n) is 14.6. The summed E-state index contributed by atoms with van der Waals surface area (Å²) in [5.41, 5.74) is 2.07. The van der Waals surface area contributed by atoms with Crippen molar-refractivity contribution in [3.63, 3.8) is 0 Å². The second-order valence-electron chi connectivity index (χ2n) is 6.52. The average molecular weight is 350 g/mol. The number of rotatable bonds is 4. The summed E-state index contributed by atoms with van der Waals surface area (Å²) in [6, 6.07) is 10.6. The van der Waals surface area contributed by atoms with Crippen LogP contribution in [0.25, 0.3) is 6.08 Å². The highest BCUT2D eigenvalue weighted by atomic mass is 16.5. The smallest absolute Gasteiger partial charge is 0.314 e. The van der Waals surface area contributed by atoms with Gasteiger partial charge in [0.25, 0.3) is 0 Å². The maximum absolute atomic E-state index is 12.7. The Morgan fingerprint density at radius 2 is 1.88 bits per heavy atom. The Hall–Kier alpha value is -3.08. The molecule has 5 nitrogen and oxygen atoms in total. The van der Waals surface area contributed by atoms with Gasteiger partial charge in [-0.3, -0.25) is 9.59 Å². The molecule has 0 saturated heterocycles. The second-order valence-corrected chi connectivity index (χ2v) is 6.52. The first-order valence-electron chi connectivity index (χ1n) is 8.50. The Morgan fingerprint density at radius 3 is 2.54 bits per heavy atom. The summed E-state index contributed by atoms with van der Waals surface area (Å²) in [5, 5.41) is 0. The second kappa shape index (κ2) is 6.33. The fraction of sp³-hybridized carbons (Fsp3) is 0.238. The molecule has 0 N–H and O–H groups in total. The Morgan fingerprint density at radius 1 is 1.15 bits per heavy atom. The van der Waals surface area contributed by atoms with E-state index in [-0.39, 0.29) is 23.4 Å². The van der Waals surface area contributed by atoms with Crippen LogP contribution in [0.15, 0.2) is 42.2 Å². The molecule has 2 aliphatic rings. The van der Waals surface area contributed by atoms with Gasteiger partial charge in [0, 0.05) is 6.07 Å². The number of Topliss-reactive ketones (excluding diaryl/α,β-unsaturated/α-hetero) is 1. The summed E-state index contributed by atoms with van der Waals surface area (Å²) in [5.74, 6) is 1.45. The summed E-state index contributed by atoms with van der Waals surface area (Å²) in [4.78, 5) is 24.5. The van der Waals surface area contributed by atoms with E-state index in [1.165, 1.54) is 0 Å². The molecule has 0 spiro atoms. The van der Waals surface area contributed by atoms with Crippen LogP contribution >= 0.6 is 0 Å². The van der Waals surface area contributed by atoms with Gasteiger partial charge in [0.2, 0.25) is 5.78 Å². The SMILES string of the molecule is COc1ccc(/C=C2\Oc3cc(OC(=O)C4CC4)cc(C)c3C2=O)cc1. The highest BCUT2D eigenvalue weighted by Crippen LogP contribution is 2.38. The zero-order valence-corrected chi connectivity index (χ0v) is 14.6. The van der Waals surface area contributed by atoms with Gasteiger partial charge in [-0.2, -0.15) is 0 Å². The minimum atomic E-state index is -0.220. The largest absolute Gasteiger partial charge is 0.497 e. The summed E-state index contributed by atoms with van der Waals surface area (Å²) in [7, 11) is 1.60. The van der Waals surface area contributed by atoms with E-state index in [1.807, 2.05) is 31.2 Å². The summed E-state index contributed by atoms with van der Waals surface area (Å²) in [6.07, 6.45) is 3.45. The molecule has 0 radical (unpaired) electrons. The Kier molecular flexibility index (Phi) is 3.99. The van der Waals surface area contributed by atoms with Crippen molar-refractivity contribution >= 4 is 17.8 Å². The van der Waals surface area contributed by atoms with Crippen LogP contribution in [0.2, 0.25) is 0 Å². The minimum absolute atomic E-state index is 0.0108. The first kappa shape index (κ1) is 16.4. The van der Waals surface area contributed by atoms with Gasteiger partial charge in [0.15, 0.2) is 5.76 Å². The normalized spacial score (nSPS) is 17.0. The van der Waals surface area contributed by atoms with Crippen molar-refractivity contribution in [2.45, 2.75) is 19.8 Å². The molecule has 0 amide bonds. The molecule has 5 heteroatoms. The third-order valence-corrected chi connectivity index (χ3v) is 4.49. The maximum atomic E-state index is 12.7. The van der Waals surface area contributed by atoms with Crippen LogP contribution in [0.3, 0.4) is 0 Å². The van der Waals surface area contributed by atoms with Crippen molar-refractivity contribution in [2.75, 3.05) is 7.11 Å². The molecule has 0 unspecified atom stereocenters. The van der Waals surface area contributed by atoms with Gasteiger partial charge in [-0.15, -0.1) is 0 Å². The van der Waals surface area contributed by atoms with E-state index in [9.17, 15) is 9.59 Å². The van der Waals surface area contributed by atoms with Crippen molar-refractivity contribution in [3.05, 3.63) is 58.8 Å². The molecule has 0 aromatic heterocycles. The molecule has 26 heavy (non-hydrogen) atoms. The molecule has 0 bridgehead atoms. The molecule has 2 aromatic carbocycles. The molecule has 1 aliphatic heterocycles. The van der Waals surface area contributed by atoms with Crippen LogP contribution in [-0.2, 0) is 4.79 Å². The van der Waals surface area contributed by atoms with Gasteiger partial charge in [-0.25, -0.2) is 0 Å².